The Labute approximate surface area is 63.6 Å². The van der Waals surface area contributed by atoms with Gasteiger partial charge in [0.05, 0.1) is 0 Å². The van der Waals surface area contributed by atoms with E-state index in [-0.39, 0.29) is 11.5 Å². The van der Waals surface area contributed by atoms with Crippen molar-refractivity contribution in [2.45, 2.75) is 33.2 Å². The summed E-state index contributed by atoms with van der Waals surface area (Å²) >= 11 is 0. The van der Waals surface area contributed by atoms with Gasteiger partial charge in [-0.05, 0) is 24.8 Å². The summed E-state index contributed by atoms with van der Waals surface area (Å²) in [5.41, 5.74) is 8.57. The molecule has 0 aromatic carbocycles. The Kier molecular flexibility index (Phi) is 3.41. The number of allylic oxidation sites excluding steroid dienone is 1. The largest absolute Gasteiger partial charge is 0.328 e. The quantitative estimate of drug-likeness (QED) is 0.595. The summed E-state index contributed by atoms with van der Waals surface area (Å²) in [5, 5.41) is 0. The van der Waals surface area contributed by atoms with E-state index in [4.69, 9.17) is 5.73 Å². The van der Waals surface area contributed by atoms with Gasteiger partial charge in [0.25, 0.3) is 0 Å². The van der Waals surface area contributed by atoms with E-state index in [1.54, 1.807) is 0 Å². The van der Waals surface area contributed by atoms with Gasteiger partial charge in [-0.2, -0.15) is 0 Å². The van der Waals surface area contributed by atoms with Crippen LogP contribution in [0.5, 0.6) is 0 Å². The number of nitrogens with two attached hydrogens (primary N) is 1. The Balaban J connectivity index is 3.98. The summed E-state index contributed by atoms with van der Waals surface area (Å²) in [7, 11) is 0. The second-order valence-electron chi connectivity index (χ2n) is 3.52. The maximum atomic E-state index is 5.64. The molecule has 0 aliphatic carbocycles. The zero-order valence-corrected chi connectivity index (χ0v) is 7.15. The van der Waals surface area contributed by atoms with Crippen molar-refractivity contribution in [3.63, 3.8) is 0 Å². The average molecular weight is 139 g/mol. The van der Waals surface area contributed by atoms with Crippen LogP contribution in [0.2, 0.25) is 0 Å². The summed E-state index contributed by atoms with van der Waals surface area (Å²) < 4.78 is 0. The van der Waals surface area contributed by atoms with Crippen LogP contribution >= 0.6 is 0 Å². The average Bonchev–Trinajstić information content (AvgIpc) is 1.59. The van der Waals surface area contributed by atoms with E-state index in [1.165, 1.54) is 0 Å². The van der Waals surface area contributed by atoms with E-state index in [0.29, 0.717) is 0 Å². The third-order valence-electron chi connectivity index (χ3n) is 1.34. The van der Waals surface area contributed by atoms with Crippen molar-refractivity contribution in [3.05, 3.63) is 18.4 Å². The maximum absolute atomic E-state index is 5.64. The Hall–Kier alpha value is -0.520. The molecule has 0 spiro atoms. The molecule has 1 atom stereocenters. The molecule has 2 N–H and O–H groups in total. The minimum atomic E-state index is 0.149. The van der Waals surface area contributed by atoms with Gasteiger partial charge in [0.1, 0.15) is 0 Å². The molecule has 1 nitrogen and oxygen atoms in total. The van der Waals surface area contributed by atoms with E-state index in [1.807, 2.05) is 13.0 Å². The zero-order valence-electron chi connectivity index (χ0n) is 7.15. The summed E-state index contributed by atoms with van der Waals surface area (Å²) in [6.07, 6.45) is 2.95. The van der Waals surface area contributed by atoms with E-state index >= 15 is 0 Å². The minimum Gasteiger partial charge on any atom is -0.328 e. The molecule has 10 heavy (non-hydrogen) atoms. The second-order valence-corrected chi connectivity index (χ2v) is 3.52. The molecule has 0 unspecified atom stereocenters. The molecule has 0 aliphatic heterocycles. The van der Waals surface area contributed by atoms with Crippen LogP contribution < -0.4 is 5.73 Å². The van der Waals surface area contributed by atoms with Crippen LogP contribution in [-0.2, 0) is 0 Å². The smallest absolute Gasteiger partial charge is 0.00187 e. The van der Waals surface area contributed by atoms with Crippen molar-refractivity contribution < 1.29 is 0 Å². The van der Waals surface area contributed by atoms with Gasteiger partial charge in [-0.3, -0.25) is 0 Å². The van der Waals surface area contributed by atoms with Crippen LogP contribution in [0.4, 0.5) is 0 Å². The van der Waals surface area contributed by atoms with Crippen LogP contribution in [0.1, 0.15) is 27.2 Å². The molecular weight excluding hydrogens is 122 g/mol. The monoisotopic (exact) mass is 139 g/mol. The fraction of sp³-hybridized carbons (Fsp3) is 0.667. The number of rotatable bonds is 3. The first-order valence-electron chi connectivity index (χ1n) is 3.60. The lowest BCUT2D eigenvalue weighted by Gasteiger charge is -2.20. The van der Waals surface area contributed by atoms with Crippen molar-refractivity contribution in [2.24, 2.45) is 11.1 Å². The highest BCUT2D eigenvalue weighted by Gasteiger charge is 2.14. The molecule has 0 saturated heterocycles. The highest BCUT2D eigenvalue weighted by Crippen LogP contribution is 2.22. The molecule has 0 rings (SSSR count). The molecule has 58 valence electrons. The van der Waals surface area contributed by atoms with E-state index in [9.17, 15) is 0 Å². The Morgan fingerprint density at radius 2 is 2.20 bits per heavy atom. The maximum Gasteiger partial charge on any atom is 0.00187 e. The van der Waals surface area contributed by atoms with Crippen LogP contribution in [0.3, 0.4) is 0 Å². The SMILES string of the molecule is C=C=CC(C)(C)C[C@H](C)N. The van der Waals surface area contributed by atoms with Gasteiger partial charge in [-0.25, -0.2) is 0 Å². The molecule has 0 radical (unpaired) electrons. The highest BCUT2D eigenvalue weighted by atomic mass is 14.6. The number of hydrogen-bond donors (Lipinski definition) is 1. The molecule has 0 amide bonds. The summed E-state index contributed by atoms with van der Waals surface area (Å²) in [5.74, 6) is 0. The lowest BCUT2D eigenvalue weighted by atomic mass is 9.86. The lowest BCUT2D eigenvalue weighted by molar-refractivity contribution is 0.401. The lowest BCUT2D eigenvalue weighted by Crippen LogP contribution is -2.23. The summed E-state index contributed by atoms with van der Waals surface area (Å²) in [6.45, 7) is 9.81. The molecule has 0 aromatic rings. The summed E-state index contributed by atoms with van der Waals surface area (Å²) in [6, 6.07) is 0.250. The predicted molar refractivity (Wildman–Crippen MR) is 45.8 cm³/mol. The fourth-order valence-corrected chi connectivity index (χ4v) is 1.17. The number of hydrogen-bond acceptors (Lipinski definition) is 1. The second kappa shape index (κ2) is 3.60. The van der Waals surface area contributed by atoms with E-state index in [0.717, 1.165) is 6.42 Å². The van der Waals surface area contributed by atoms with Crippen molar-refractivity contribution in [1.29, 1.82) is 0 Å². The first kappa shape index (κ1) is 9.48. The van der Waals surface area contributed by atoms with Crippen molar-refractivity contribution in [1.82, 2.24) is 0 Å². The normalized spacial score (nSPS) is 14.0. The predicted octanol–water partition coefficient (Wildman–Crippen LogP) is 2.09. The third kappa shape index (κ3) is 4.37. The van der Waals surface area contributed by atoms with Gasteiger partial charge in [0.15, 0.2) is 0 Å². The minimum absolute atomic E-state index is 0.149. The van der Waals surface area contributed by atoms with Gasteiger partial charge in [0.2, 0.25) is 0 Å². The van der Waals surface area contributed by atoms with Gasteiger partial charge in [-0.1, -0.05) is 20.4 Å². The third-order valence-corrected chi connectivity index (χ3v) is 1.34. The van der Waals surface area contributed by atoms with Crippen molar-refractivity contribution in [2.75, 3.05) is 0 Å². The standard InChI is InChI=1S/C9H17N/c1-5-6-9(3,4)7-8(2)10/h6,8H,1,7,10H2,2-4H3/t8-/m0/s1. The topological polar surface area (TPSA) is 26.0 Å². The van der Waals surface area contributed by atoms with Crippen LogP contribution in [0.15, 0.2) is 18.4 Å². The van der Waals surface area contributed by atoms with E-state index < -0.39 is 0 Å². The van der Waals surface area contributed by atoms with Gasteiger partial charge >= 0.3 is 0 Å². The van der Waals surface area contributed by atoms with Crippen LogP contribution in [0.25, 0.3) is 0 Å². The Bertz CT molecular complexity index is 139. The fourth-order valence-electron chi connectivity index (χ4n) is 1.17. The molecule has 0 aliphatic rings. The van der Waals surface area contributed by atoms with Crippen molar-refractivity contribution in [3.8, 4) is 0 Å². The van der Waals surface area contributed by atoms with E-state index in [2.05, 4.69) is 26.2 Å². The van der Waals surface area contributed by atoms with Gasteiger partial charge in [-0.15, -0.1) is 5.73 Å². The van der Waals surface area contributed by atoms with Gasteiger partial charge < -0.3 is 5.73 Å². The van der Waals surface area contributed by atoms with Gasteiger partial charge in [0, 0.05) is 6.04 Å². The van der Waals surface area contributed by atoms with Crippen LogP contribution in [-0.4, -0.2) is 6.04 Å². The molecule has 0 saturated carbocycles. The first-order valence-corrected chi connectivity index (χ1v) is 3.60. The molecule has 0 heterocycles. The molecule has 0 aromatic heterocycles. The molecule has 0 bridgehead atoms. The highest BCUT2D eigenvalue weighted by molar-refractivity contribution is 4.92. The van der Waals surface area contributed by atoms with Crippen LogP contribution in [0, 0.1) is 5.41 Å². The first-order chi connectivity index (χ1) is 4.48. The zero-order chi connectivity index (χ0) is 8.20. The van der Waals surface area contributed by atoms with Crippen molar-refractivity contribution >= 4 is 0 Å². The Morgan fingerprint density at radius 1 is 1.70 bits per heavy atom. The summed E-state index contributed by atoms with van der Waals surface area (Å²) in [4.78, 5) is 0. The Morgan fingerprint density at radius 3 is 2.50 bits per heavy atom. The molecular formula is C9H17N. The molecule has 0 fully saturated rings. The molecule has 1 heteroatoms.